The summed E-state index contributed by atoms with van der Waals surface area (Å²) in [6, 6.07) is 10.0. The van der Waals surface area contributed by atoms with Crippen LogP contribution in [0.2, 0.25) is 10.0 Å². The molecule has 0 aliphatic heterocycles. The molecule has 2 aromatic carbocycles. The zero-order chi connectivity index (χ0) is 19.3. The normalized spacial score (nSPS) is 10.7. The molecule has 1 amide bonds. The predicted octanol–water partition coefficient (Wildman–Crippen LogP) is 3.94. The lowest BCUT2D eigenvalue weighted by atomic mass is 10.2. The van der Waals surface area contributed by atoms with Gasteiger partial charge in [0.2, 0.25) is 0 Å². The summed E-state index contributed by atoms with van der Waals surface area (Å²) < 4.78 is 0. The second-order valence-electron chi connectivity index (χ2n) is 4.93. The third-order valence-electron chi connectivity index (χ3n) is 3.16. The Labute approximate surface area is 158 Å². The Bertz CT molecular complexity index is 953. The van der Waals surface area contributed by atoms with Crippen LogP contribution in [0.1, 0.15) is 0 Å². The van der Waals surface area contributed by atoms with Gasteiger partial charge in [-0.15, -0.1) is 0 Å². The second-order valence-corrected chi connectivity index (χ2v) is 5.74. The van der Waals surface area contributed by atoms with Gasteiger partial charge in [-0.3, -0.25) is 14.9 Å². The number of nitrogens with one attached hydrogen (secondary N) is 2. The van der Waals surface area contributed by atoms with E-state index in [1.54, 1.807) is 18.2 Å². The second kappa shape index (κ2) is 8.20. The number of nitriles is 1. The van der Waals surface area contributed by atoms with E-state index in [9.17, 15) is 14.9 Å². The van der Waals surface area contributed by atoms with Crippen molar-refractivity contribution in [2.24, 2.45) is 0 Å². The number of nitrogen functional groups attached to an aromatic ring is 1. The molecule has 2 rings (SSSR count). The first-order valence-electron chi connectivity index (χ1n) is 6.99. The number of non-ortho nitro benzene ring substituents is 1. The van der Waals surface area contributed by atoms with Crippen LogP contribution >= 0.6 is 23.2 Å². The lowest BCUT2D eigenvalue weighted by Gasteiger charge is -2.07. The summed E-state index contributed by atoms with van der Waals surface area (Å²) in [5, 5.41) is 25.5. The SMILES string of the molecule is N#C/C(=C/Nc1ccc(N)c(Cl)c1)C(=O)Nc1cc([N+](=O)[O-])ccc1Cl. The molecule has 0 saturated carbocycles. The van der Waals surface area contributed by atoms with Crippen molar-refractivity contribution in [3.63, 3.8) is 0 Å². The highest BCUT2D eigenvalue weighted by Crippen LogP contribution is 2.27. The van der Waals surface area contributed by atoms with Crippen molar-refractivity contribution in [3.05, 3.63) is 68.3 Å². The number of hydrogen-bond donors (Lipinski definition) is 3. The van der Waals surface area contributed by atoms with Crippen LogP contribution in [0.15, 0.2) is 48.2 Å². The molecule has 0 spiro atoms. The molecule has 4 N–H and O–H groups in total. The van der Waals surface area contributed by atoms with Crippen molar-refractivity contribution in [1.29, 1.82) is 5.26 Å². The summed E-state index contributed by atoms with van der Waals surface area (Å²) in [7, 11) is 0. The van der Waals surface area contributed by atoms with Gasteiger partial charge >= 0.3 is 0 Å². The Hall–Kier alpha value is -3.28. The number of rotatable bonds is 5. The zero-order valence-corrected chi connectivity index (χ0v) is 14.5. The zero-order valence-electron chi connectivity index (χ0n) is 13.0. The number of nitrogens with two attached hydrogens (primary N) is 1. The van der Waals surface area contributed by atoms with Crippen molar-refractivity contribution < 1.29 is 9.72 Å². The predicted molar refractivity (Wildman–Crippen MR) is 99.9 cm³/mol. The molecule has 2 aromatic rings. The third kappa shape index (κ3) is 4.63. The number of halogens is 2. The number of nitrogens with zero attached hydrogens (tertiary/aromatic N) is 2. The summed E-state index contributed by atoms with van der Waals surface area (Å²) in [5.74, 6) is -0.788. The Morgan fingerprint density at radius 3 is 2.58 bits per heavy atom. The maximum Gasteiger partial charge on any atom is 0.271 e. The van der Waals surface area contributed by atoms with E-state index < -0.39 is 10.8 Å². The van der Waals surface area contributed by atoms with Gasteiger partial charge < -0.3 is 16.4 Å². The average Bonchev–Trinajstić information content (AvgIpc) is 2.60. The van der Waals surface area contributed by atoms with Gasteiger partial charge in [-0.25, -0.2) is 0 Å². The van der Waals surface area contributed by atoms with Crippen molar-refractivity contribution in [2.45, 2.75) is 0 Å². The topological polar surface area (TPSA) is 134 Å². The Morgan fingerprint density at radius 2 is 1.96 bits per heavy atom. The monoisotopic (exact) mass is 391 g/mol. The van der Waals surface area contributed by atoms with Crippen LogP contribution in [0.5, 0.6) is 0 Å². The van der Waals surface area contributed by atoms with Crippen LogP contribution in [0.4, 0.5) is 22.7 Å². The molecule has 132 valence electrons. The van der Waals surface area contributed by atoms with E-state index in [4.69, 9.17) is 34.2 Å². The van der Waals surface area contributed by atoms with Crippen molar-refractivity contribution in [3.8, 4) is 6.07 Å². The highest BCUT2D eigenvalue weighted by molar-refractivity contribution is 6.34. The number of carbonyl (C=O) groups is 1. The summed E-state index contributed by atoms with van der Waals surface area (Å²) >= 11 is 11.8. The van der Waals surface area contributed by atoms with Gasteiger partial charge in [-0.1, -0.05) is 23.2 Å². The van der Waals surface area contributed by atoms with Gasteiger partial charge in [-0.05, 0) is 24.3 Å². The van der Waals surface area contributed by atoms with Crippen molar-refractivity contribution >= 4 is 51.9 Å². The summed E-state index contributed by atoms with van der Waals surface area (Å²) in [6.45, 7) is 0. The minimum Gasteiger partial charge on any atom is -0.398 e. The van der Waals surface area contributed by atoms with E-state index in [0.29, 0.717) is 16.4 Å². The van der Waals surface area contributed by atoms with Gasteiger partial charge in [0.1, 0.15) is 11.6 Å². The number of benzene rings is 2. The van der Waals surface area contributed by atoms with E-state index in [0.717, 1.165) is 6.07 Å². The number of nitro groups is 1. The molecule has 0 aromatic heterocycles. The lowest BCUT2D eigenvalue weighted by molar-refractivity contribution is -0.384. The number of amides is 1. The fourth-order valence-corrected chi connectivity index (χ4v) is 2.18. The van der Waals surface area contributed by atoms with Crippen molar-refractivity contribution in [2.75, 3.05) is 16.4 Å². The van der Waals surface area contributed by atoms with Gasteiger partial charge in [0.25, 0.3) is 11.6 Å². The highest BCUT2D eigenvalue weighted by Gasteiger charge is 2.15. The van der Waals surface area contributed by atoms with Crippen LogP contribution in [0.25, 0.3) is 0 Å². The van der Waals surface area contributed by atoms with Gasteiger partial charge in [0, 0.05) is 24.0 Å². The number of hydrogen-bond acceptors (Lipinski definition) is 6. The van der Waals surface area contributed by atoms with Crippen molar-refractivity contribution in [1.82, 2.24) is 0 Å². The van der Waals surface area contributed by atoms with E-state index in [2.05, 4.69) is 10.6 Å². The molecular weight excluding hydrogens is 381 g/mol. The van der Waals surface area contributed by atoms with Gasteiger partial charge in [0.15, 0.2) is 0 Å². The maximum atomic E-state index is 12.2. The summed E-state index contributed by atoms with van der Waals surface area (Å²) in [5.41, 5.74) is 5.99. The Balaban J connectivity index is 2.18. The van der Waals surface area contributed by atoms with E-state index in [-0.39, 0.29) is 22.0 Å². The summed E-state index contributed by atoms with van der Waals surface area (Å²) in [4.78, 5) is 22.4. The summed E-state index contributed by atoms with van der Waals surface area (Å²) in [6.07, 6.45) is 1.17. The number of carbonyl (C=O) groups excluding carboxylic acids is 1. The molecule has 0 aliphatic rings. The molecule has 10 heteroatoms. The van der Waals surface area contributed by atoms with Crippen LogP contribution < -0.4 is 16.4 Å². The molecule has 0 aliphatic carbocycles. The Morgan fingerprint density at radius 1 is 1.23 bits per heavy atom. The quantitative estimate of drug-likeness (QED) is 0.232. The minimum atomic E-state index is -0.788. The smallest absolute Gasteiger partial charge is 0.271 e. The maximum absolute atomic E-state index is 12.2. The molecule has 0 atom stereocenters. The average molecular weight is 392 g/mol. The molecule has 0 heterocycles. The van der Waals surface area contributed by atoms with E-state index >= 15 is 0 Å². The Kier molecular flexibility index (Phi) is 6.01. The number of nitro benzene ring substituents is 1. The largest absolute Gasteiger partial charge is 0.398 e. The van der Waals surface area contributed by atoms with Crippen LogP contribution in [-0.2, 0) is 4.79 Å². The van der Waals surface area contributed by atoms with Gasteiger partial charge in [0.05, 0.1) is 26.3 Å². The first-order valence-corrected chi connectivity index (χ1v) is 7.74. The minimum absolute atomic E-state index is 0.0162. The molecule has 0 bridgehead atoms. The molecule has 0 saturated heterocycles. The molecule has 0 radical (unpaired) electrons. The van der Waals surface area contributed by atoms with E-state index in [1.165, 1.54) is 24.4 Å². The molecular formula is C16H11Cl2N5O3. The fraction of sp³-hybridized carbons (Fsp3) is 0. The first kappa shape index (κ1) is 19.1. The van der Waals surface area contributed by atoms with Crippen LogP contribution in [-0.4, -0.2) is 10.8 Å². The fourth-order valence-electron chi connectivity index (χ4n) is 1.83. The molecule has 26 heavy (non-hydrogen) atoms. The number of anilines is 3. The first-order chi connectivity index (χ1) is 12.3. The van der Waals surface area contributed by atoms with Gasteiger partial charge in [-0.2, -0.15) is 5.26 Å². The van der Waals surface area contributed by atoms with Crippen LogP contribution in [0, 0.1) is 21.4 Å². The van der Waals surface area contributed by atoms with E-state index in [1.807, 2.05) is 0 Å². The lowest BCUT2D eigenvalue weighted by Crippen LogP contribution is -2.15. The molecule has 0 fully saturated rings. The van der Waals surface area contributed by atoms with Crippen LogP contribution in [0.3, 0.4) is 0 Å². The highest BCUT2D eigenvalue weighted by atomic mass is 35.5. The third-order valence-corrected chi connectivity index (χ3v) is 3.81. The standard InChI is InChI=1S/C16H11Cl2N5O3/c17-12-3-2-11(23(25)26)6-15(12)22-16(24)9(7-19)8-21-10-1-4-14(20)13(18)5-10/h1-6,8,21H,20H2,(H,22,24)/b9-8-. The molecule has 0 unspecified atom stereocenters. The molecule has 8 nitrogen and oxygen atoms in total.